The zero-order valence-electron chi connectivity index (χ0n) is 15.5. The topological polar surface area (TPSA) is 75.5 Å². The van der Waals surface area contributed by atoms with Crippen LogP contribution in [-0.2, 0) is 10.2 Å². The molecule has 6 heteroatoms. The monoisotopic (exact) mass is 358 g/mol. The first kappa shape index (κ1) is 18.3. The molecule has 1 amide bonds. The summed E-state index contributed by atoms with van der Waals surface area (Å²) in [6, 6.07) is 11.8. The number of carbonyl (C=O) groups is 1. The molecule has 0 spiro atoms. The van der Waals surface area contributed by atoms with Crippen molar-refractivity contribution in [2.24, 2.45) is 0 Å². The molecule has 1 aromatic carbocycles. The number of likely N-dealkylation sites (tertiary alicyclic amines) is 1. The Balaban J connectivity index is 1.83. The average Bonchev–Trinajstić information content (AvgIpc) is 3.08. The Kier molecular flexibility index (Phi) is 5.20. The summed E-state index contributed by atoms with van der Waals surface area (Å²) in [7, 11) is 1.42. The van der Waals surface area contributed by atoms with Gasteiger partial charge in [0.05, 0.1) is 7.11 Å². The summed E-state index contributed by atoms with van der Waals surface area (Å²) in [6.07, 6.45) is 1.99. The number of methoxy groups -OCH3 is 1. The van der Waals surface area contributed by atoms with Crippen LogP contribution in [0.1, 0.15) is 50.4 Å². The van der Waals surface area contributed by atoms with E-state index in [0.717, 1.165) is 19.3 Å². The maximum Gasteiger partial charge on any atom is 0.409 e. The number of hydrogen-bond donors (Lipinski definition) is 1. The summed E-state index contributed by atoms with van der Waals surface area (Å²) >= 11 is 0. The first-order valence-corrected chi connectivity index (χ1v) is 8.99. The molecule has 6 nitrogen and oxygen atoms in total. The van der Waals surface area contributed by atoms with Crippen LogP contribution in [-0.4, -0.2) is 35.8 Å². The van der Waals surface area contributed by atoms with Crippen LogP contribution in [0.3, 0.4) is 0 Å². The number of aromatic amines is 1. The van der Waals surface area contributed by atoms with E-state index < -0.39 is 0 Å². The van der Waals surface area contributed by atoms with Gasteiger partial charge >= 0.3 is 6.09 Å². The summed E-state index contributed by atoms with van der Waals surface area (Å²) in [6.45, 7) is 4.97. The Hall–Kier alpha value is -2.50. The summed E-state index contributed by atoms with van der Waals surface area (Å²) in [5.74, 6) is 0.786. The fraction of sp³-hybridized carbons (Fsp3) is 0.500. The molecule has 2 heterocycles. The molecule has 2 aromatic rings. The molecule has 1 aromatic heterocycles. The number of ether oxygens (including phenoxy) is 1. The Bertz CT molecular complexity index is 793. The van der Waals surface area contributed by atoms with Gasteiger partial charge < -0.3 is 14.2 Å². The highest BCUT2D eigenvalue weighted by Gasteiger charge is 2.37. The van der Waals surface area contributed by atoms with E-state index in [9.17, 15) is 9.59 Å². The third-order valence-electron chi connectivity index (χ3n) is 5.37. The molecule has 0 saturated carbocycles. The SMILES string of the molecule is COC(=O)N1CC[C@H](c2cc(=O)[nH]o2)C[C@@H]1CC(C)(C)c1ccccc1. The standard InChI is InChI=1S/C20H26N2O4/c1-20(2,15-7-5-4-6-8-15)13-16-11-14(17-12-18(23)21-26-17)9-10-22(16)19(24)25-3/h4-8,12,14,16H,9-11,13H2,1-3H3,(H,21,23)/t14-,16+/m0/s1. The highest BCUT2D eigenvalue weighted by atomic mass is 16.5. The van der Waals surface area contributed by atoms with Gasteiger partial charge in [0.25, 0.3) is 5.56 Å². The normalized spacial score (nSPS) is 20.8. The van der Waals surface area contributed by atoms with Crippen LogP contribution in [0.5, 0.6) is 0 Å². The van der Waals surface area contributed by atoms with Crippen molar-refractivity contribution in [3.8, 4) is 0 Å². The molecule has 0 bridgehead atoms. The van der Waals surface area contributed by atoms with Gasteiger partial charge in [-0.3, -0.25) is 4.79 Å². The molecule has 140 valence electrons. The van der Waals surface area contributed by atoms with E-state index in [1.807, 2.05) is 23.1 Å². The van der Waals surface area contributed by atoms with E-state index >= 15 is 0 Å². The van der Waals surface area contributed by atoms with Gasteiger partial charge in [0.15, 0.2) is 0 Å². The number of H-pyrrole nitrogens is 1. The van der Waals surface area contributed by atoms with Crippen molar-refractivity contribution in [2.75, 3.05) is 13.7 Å². The van der Waals surface area contributed by atoms with Crippen LogP contribution >= 0.6 is 0 Å². The van der Waals surface area contributed by atoms with Gasteiger partial charge in [-0.2, -0.15) is 5.16 Å². The number of hydrogen-bond acceptors (Lipinski definition) is 4. The van der Waals surface area contributed by atoms with Gasteiger partial charge in [-0.15, -0.1) is 0 Å². The van der Waals surface area contributed by atoms with Crippen LogP contribution in [0.25, 0.3) is 0 Å². The van der Waals surface area contributed by atoms with Gasteiger partial charge in [0.2, 0.25) is 0 Å². The average molecular weight is 358 g/mol. The third-order valence-corrected chi connectivity index (χ3v) is 5.37. The molecule has 1 saturated heterocycles. The predicted octanol–water partition coefficient (Wildman–Crippen LogP) is 3.65. The molecular formula is C20H26N2O4. The minimum absolute atomic E-state index is 0.0107. The van der Waals surface area contributed by atoms with Crippen LogP contribution in [0.4, 0.5) is 4.79 Å². The van der Waals surface area contributed by atoms with E-state index in [1.165, 1.54) is 18.7 Å². The third kappa shape index (κ3) is 3.84. The minimum Gasteiger partial charge on any atom is -0.453 e. The smallest absolute Gasteiger partial charge is 0.409 e. The molecule has 0 radical (unpaired) electrons. The Morgan fingerprint density at radius 2 is 2.08 bits per heavy atom. The first-order valence-electron chi connectivity index (χ1n) is 8.99. The number of nitrogens with one attached hydrogen (secondary N) is 1. The number of piperidine rings is 1. The maximum atomic E-state index is 12.3. The van der Waals surface area contributed by atoms with Crippen LogP contribution < -0.4 is 5.56 Å². The fourth-order valence-electron chi connectivity index (χ4n) is 3.96. The quantitative estimate of drug-likeness (QED) is 0.905. The second-order valence-electron chi connectivity index (χ2n) is 7.61. The first-order chi connectivity index (χ1) is 12.4. The predicted molar refractivity (Wildman–Crippen MR) is 98.3 cm³/mol. The lowest BCUT2D eigenvalue weighted by Crippen LogP contribution is -2.48. The molecule has 26 heavy (non-hydrogen) atoms. The van der Waals surface area contributed by atoms with Crippen molar-refractivity contribution < 1.29 is 14.1 Å². The Labute approximate surface area is 153 Å². The van der Waals surface area contributed by atoms with Crippen molar-refractivity contribution in [1.82, 2.24) is 10.1 Å². The molecule has 3 rings (SSSR count). The van der Waals surface area contributed by atoms with Crippen molar-refractivity contribution in [3.05, 3.63) is 58.1 Å². The van der Waals surface area contributed by atoms with Crippen LogP contribution in [0.15, 0.2) is 45.7 Å². The van der Waals surface area contributed by atoms with Crippen molar-refractivity contribution in [3.63, 3.8) is 0 Å². The van der Waals surface area contributed by atoms with E-state index in [-0.39, 0.29) is 29.0 Å². The van der Waals surface area contributed by atoms with E-state index in [0.29, 0.717) is 12.3 Å². The van der Waals surface area contributed by atoms with Gasteiger partial charge in [-0.05, 0) is 30.2 Å². The summed E-state index contributed by atoms with van der Waals surface area (Å²) in [4.78, 5) is 25.5. The molecule has 0 unspecified atom stereocenters. The fourth-order valence-corrected chi connectivity index (χ4v) is 3.96. The van der Waals surface area contributed by atoms with Crippen LogP contribution in [0, 0.1) is 0 Å². The second kappa shape index (κ2) is 7.40. The molecule has 1 aliphatic heterocycles. The largest absolute Gasteiger partial charge is 0.453 e. The summed E-state index contributed by atoms with van der Waals surface area (Å²) in [5, 5.41) is 2.36. The lowest BCUT2D eigenvalue weighted by molar-refractivity contribution is 0.0720. The summed E-state index contributed by atoms with van der Waals surface area (Å²) in [5.41, 5.74) is 0.913. The second-order valence-corrected chi connectivity index (χ2v) is 7.61. The van der Waals surface area contributed by atoms with Gasteiger partial charge in [-0.1, -0.05) is 44.2 Å². The molecule has 1 aliphatic rings. The zero-order chi connectivity index (χ0) is 18.7. The van der Waals surface area contributed by atoms with E-state index in [1.54, 1.807) is 0 Å². The van der Waals surface area contributed by atoms with Gasteiger partial charge in [0, 0.05) is 24.6 Å². The maximum absolute atomic E-state index is 12.3. The lowest BCUT2D eigenvalue weighted by Gasteiger charge is -2.41. The Morgan fingerprint density at radius 1 is 1.35 bits per heavy atom. The molecule has 1 N–H and O–H groups in total. The molecule has 1 fully saturated rings. The number of aromatic nitrogens is 1. The number of benzene rings is 1. The van der Waals surface area contributed by atoms with Gasteiger partial charge in [0.1, 0.15) is 5.76 Å². The number of nitrogens with zero attached hydrogens (tertiary/aromatic N) is 1. The van der Waals surface area contributed by atoms with Crippen molar-refractivity contribution >= 4 is 6.09 Å². The zero-order valence-corrected chi connectivity index (χ0v) is 15.5. The number of amides is 1. The van der Waals surface area contributed by atoms with Crippen molar-refractivity contribution in [2.45, 2.75) is 50.5 Å². The lowest BCUT2D eigenvalue weighted by atomic mass is 9.75. The van der Waals surface area contributed by atoms with Crippen LogP contribution in [0.2, 0.25) is 0 Å². The number of rotatable bonds is 4. The number of carbonyl (C=O) groups excluding carboxylic acids is 1. The van der Waals surface area contributed by atoms with Crippen molar-refractivity contribution in [1.29, 1.82) is 0 Å². The summed E-state index contributed by atoms with van der Waals surface area (Å²) < 4.78 is 10.3. The molecule has 0 aliphatic carbocycles. The van der Waals surface area contributed by atoms with E-state index in [2.05, 4.69) is 31.1 Å². The molecular weight excluding hydrogens is 332 g/mol. The van der Waals surface area contributed by atoms with E-state index in [4.69, 9.17) is 9.26 Å². The van der Waals surface area contributed by atoms with Gasteiger partial charge in [-0.25, -0.2) is 4.79 Å². The Morgan fingerprint density at radius 3 is 2.69 bits per heavy atom. The highest BCUT2D eigenvalue weighted by Crippen LogP contribution is 2.38. The molecule has 2 atom stereocenters. The highest BCUT2D eigenvalue weighted by molar-refractivity contribution is 5.68. The minimum atomic E-state index is -0.298.